The largest absolute Gasteiger partial charge is 0.486 e. The Morgan fingerprint density at radius 3 is 2.33 bits per heavy atom. The lowest BCUT2D eigenvalue weighted by Gasteiger charge is -2.12. The number of aromatic nitrogens is 2. The molecule has 124 valence electrons. The molecule has 0 fully saturated rings. The monoisotopic (exact) mass is 400 g/mol. The van der Waals surface area contributed by atoms with Crippen LogP contribution in [0.2, 0.25) is 20.1 Å². The number of halogens is 4. The average molecular weight is 402 g/mol. The van der Waals surface area contributed by atoms with Crippen LogP contribution < -0.4 is 4.74 Å². The molecule has 0 aliphatic carbocycles. The van der Waals surface area contributed by atoms with Gasteiger partial charge in [0.1, 0.15) is 12.4 Å². The van der Waals surface area contributed by atoms with Gasteiger partial charge in [0.2, 0.25) is 0 Å². The molecule has 0 aliphatic rings. The van der Waals surface area contributed by atoms with Crippen molar-refractivity contribution >= 4 is 46.4 Å². The number of benzene rings is 2. The van der Waals surface area contributed by atoms with Gasteiger partial charge in [-0.3, -0.25) is 0 Å². The van der Waals surface area contributed by atoms with Crippen LogP contribution in [0.4, 0.5) is 0 Å². The summed E-state index contributed by atoms with van der Waals surface area (Å²) in [6.45, 7) is 0.243. The smallest absolute Gasteiger partial charge is 0.156 e. The van der Waals surface area contributed by atoms with Crippen molar-refractivity contribution in [2.75, 3.05) is 0 Å². The number of ether oxygens (including phenoxy) is 1. The zero-order chi connectivity index (χ0) is 17.1. The summed E-state index contributed by atoms with van der Waals surface area (Å²) in [5.74, 6) is 1.26. The van der Waals surface area contributed by atoms with Crippen LogP contribution in [0.1, 0.15) is 17.0 Å². The zero-order valence-electron chi connectivity index (χ0n) is 12.3. The summed E-state index contributed by atoms with van der Waals surface area (Å²) in [5.41, 5.74) is 1.74. The fourth-order valence-electron chi connectivity index (χ4n) is 2.23. The average Bonchev–Trinajstić information content (AvgIpc) is 3.01. The topological polar surface area (TPSA) is 37.9 Å². The van der Waals surface area contributed by atoms with E-state index < -0.39 is 0 Å². The standard InChI is InChI=1S/C17H12Cl4N2O/c18-12-2-1-11(13(19)8-12)9-24-17-14(20)5-10(6-15(17)21)7-16-22-3-4-23-16/h1-6,8H,7,9H2,(H,22,23). The van der Waals surface area contributed by atoms with Gasteiger partial charge in [-0.1, -0.05) is 52.5 Å². The first kappa shape index (κ1) is 17.4. The van der Waals surface area contributed by atoms with Gasteiger partial charge in [0, 0.05) is 34.4 Å². The normalized spacial score (nSPS) is 10.8. The van der Waals surface area contributed by atoms with Gasteiger partial charge in [0.05, 0.1) is 10.0 Å². The number of nitrogens with one attached hydrogen (secondary N) is 1. The third-order valence-corrected chi connectivity index (χ3v) is 4.52. The molecule has 7 heteroatoms. The van der Waals surface area contributed by atoms with E-state index in [-0.39, 0.29) is 6.61 Å². The number of H-pyrrole nitrogens is 1. The molecule has 1 heterocycles. The van der Waals surface area contributed by atoms with Crippen LogP contribution in [0.25, 0.3) is 0 Å². The highest BCUT2D eigenvalue weighted by Crippen LogP contribution is 2.35. The predicted octanol–water partition coefficient (Wildman–Crippen LogP) is 6.19. The third kappa shape index (κ3) is 4.17. The first-order valence-electron chi connectivity index (χ1n) is 7.06. The van der Waals surface area contributed by atoms with E-state index in [0.717, 1.165) is 17.0 Å². The Morgan fingerprint density at radius 2 is 1.71 bits per heavy atom. The van der Waals surface area contributed by atoms with Gasteiger partial charge in [0.15, 0.2) is 5.75 Å². The predicted molar refractivity (Wildman–Crippen MR) is 98.6 cm³/mol. The highest BCUT2D eigenvalue weighted by Gasteiger charge is 2.12. The van der Waals surface area contributed by atoms with E-state index in [9.17, 15) is 0 Å². The van der Waals surface area contributed by atoms with Crippen LogP contribution in [-0.2, 0) is 13.0 Å². The van der Waals surface area contributed by atoms with Crippen molar-refractivity contribution in [1.82, 2.24) is 9.97 Å². The number of rotatable bonds is 5. The van der Waals surface area contributed by atoms with Crippen LogP contribution in [0.5, 0.6) is 5.75 Å². The lowest BCUT2D eigenvalue weighted by Crippen LogP contribution is -1.99. The summed E-state index contributed by atoms with van der Waals surface area (Å²) >= 11 is 24.6. The minimum atomic E-state index is 0.243. The molecule has 0 unspecified atom stereocenters. The highest BCUT2D eigenvalue weighted by atomic mass is 35.5. The van der Waals surface area contributed by atoms with Crippen molar-refractivity contribution in [2.45, 2.75) is 13.0 Å². The van der Waals surface area contributed by atoms with Crippen molar-refractivity contribution < 1.29 is 4.74 Å². The second-order valence-corrected chi connectivity index (χ2v) is 6.78. The van der Waals surface area contributed by atoms with Gasteiger partial charge >= 0.3 is 0 Å². The maximum atomic E-state index is 6.31. The Labute approximate surface area is 159 Å². The number of nitrogens with zero attached hydrogens (tertiary/aromatic N) is 1. The van der Waals surface area contributed by atoms with E-state index >= 15 is 0 Å². The van der Waals surface area contributed by atoms with Gasteiger partial charge in [0.25, 0.3) is 0 Å². The molecule has 2 aromatic carbocycles. The molecule has 0 amide bonds. The van der Waals surface area contributed by atoms with Crippen LogP contribution in [0.3, 0.4) is 0 Å². The summed E-state index contributed by atoms with van der Waals surface area (Å²) in [7, 11) is 0. The first-order valence-corrected chi connectivity index (χ1v) is 8.57. The van der Waals surface area contributed by atoms with E-state index in [1.165, 1.54) is 0 Å². The summed E-state index contributed by atoms with van der Waals surface area (Å²) < 4.78 is 5.75. The Morgan fingerprint density at radius 1 is 0.958 bits per heavy atom. The number of aromatic amines is 1. The van der Waals surface area contributed by atoms with E-state index in [1.807, 2.05) is 12.1 Å². The van der Waals surface area contributed by atoms with Gasteiger partial charge < -0.3 is 9.72 Å². The fourth-order valence-corrected chi connectivity index (χ4v) is 3.33. The van der Waals surface area contributed by atoms with Gasteiger partial charge in [-0.25, -0.2) is 4.98 Å². The molecule has 3 rings (SSSR count). The molecule has 0 spiro atoms. The van der Waals surface area contributed by atoms with E-state index in [2.05, 4.69) is 9.97 Å². The van der Waals surface area contributed by atoms with Crippen molar-refractivity contribution in [3.63, 3.8) is 0 Å². The highest BCUT2D eigenvalue weighted by molar-refractivity contribution is 6.37. The maximum Gasteiger partial charge on any atom is 0.156 e. The van der Waals surface area contributed by atoms with E-state index in [0.29, 0.717) is 32.3 Å². The summed E-state index contributed by atoms with van der Waals surface area (Å²) in [6.07, 6.45) is 4.08. The molecule has 1 N–H and O–H groups in total. The lowest BCUT2D eigenvalue weighted by atomic mass is 10.1. The number of imidazole rings is 1. The van der Waals surface area contributed by atoms with Gasteiger partial charge in [-0.2, -0.15) is 0 Å². The molecule has 0 bridgehead atoms. The molecule has 24 heavy (non-hydrogen) atoms. The van der Waals surface area contributed by atoms with Crippen LogP contribution in [0, 0.1) is 0 Å². The Kier molecular flexibility index (Phi) is 5.57. The molecule has 1 aromatic heterocycles. The zero-order valence-corrected chi connectivity index (χ0v) is 15.3. The van der Waals surface area contributed by atoms with Gasteiger partial charge in [-0.15, -0.1) is 0 Å². The molecule has 0 aliphatic heterocycles. The van der Waals surface area contributed by atoms with Crippen molar-refractivity contribution in [2.24, 2.45) is 0 Å². The maximum absolute atomic E-state index is 6.31. The van der Waals surface area contributed by atoms with Crippen LogP contribution >= 0.6 is 46.4 Å². The molecule has 3 aromatic rings. The molecule has 3 nitrogen and oxygen atoms in total. The first-order chi connectivity index (χ1) is 11.5. The Balaban J connectivity index is 1.76. The third-order valence-electron chi connectivity index (χ3n) is 3.37. The van der Waals surface area contributed by atoms with E-state index in [4.69, 9.17) is 51.1 Å². The summed E-state index contributed by atoms with van der Waals surface area (Å²) in [6, 6.07) is 8.85. The van der Waals surface area contributed by atoms with Crippen molar-refractivity contribution in [3.05, 3.63) is 79.8 Å². The molecular formula is C17H12Cl4N2O. The lowest BCUT2D eigenvalue weighted by molar-refractivity contribution is 0.306. The van der Waals surface area contributed by atoms with Crippen LogP contribution in [-0.4, -0.2) is 9.97 Å². The Hall–Kier alpha value is -1.39. The fraction of sp³-hybridized carbons (Fsp3) is 0.118. The molecule has 0 atom stereocenters. The molecule has 0 saturated carbocycles. The summed E-state index contributed by atoms with van der Waals surface area (Å²) in [4.78, 5) is 7.23. The minimum absolute atomic E-state index is 0.243. The van der Waals surface area contributed by atoms with Gasteiger partial charge in [-0.05, 0) is 29.8 Å². The van der Waals surface area contributed by atoms with Crippen molar-refractivity contribution in [3.8, 4) is 5.75 Å². The summed E-state index contributed by atoms with van der Waals surface area (Å²) in [5, 5.41) is 1.98. The SMILES string of the molecule is Clc1ccc(COc2c(Cl)cc(Cc3ncc[nH]3)cc2Cl)c(Cl)c1. The Bertz CT molecular complexity index is 827. The second-order valence-electron chi connectivity index (χ2n) is 5.13. The molecule has 0 saturated heterocycles. The van der Waals surface area contributed by atoms with E-state index in [1.54, 1.807) is 30.6 Å². The second kappa shape index (κ2) is 7.66. The quantitative estimate of drug-likeness (QED) is 0.553. The number of hydrogen-bond donors (Lipinski definition) is 1. The number of hydrogen-bond acceptors (Lipinski definition) is 2. The van der Waals surface area contributed by atoms with Crippen molar-refractivity contribution in [1.29, 1.82) is 0 Å². The minimum Gasteiger partial charge on any atom is -0.486 e. The van der Waals surface area contributed by atoms with Crippen LogP contribution in [0.15, 0.2) is 42.7 Å². The molecule has 0 radical (unpaired) electrons. The molecular weight excluding hydrogens is 390 g/mol.